The van der Waals surface area contributed by atoms with Gasteiger partial charge in [-0.2, -0.15) is 0 Å². The van der Waals surface area contributed by atoms with Crippen molar-refractivity contribution in [3.05, 3.63) is 39.7 Å². The van der Waals surface area contributed by atoms with Gasteiger partial charge in [-0.25, -0.2) is 18.7 Å². The molecule has 152 valence electrons. The number of pyridine rings is 2. The maximum atomic E-state index is 15.1. The van der Waals surface area contributed by atoms with Gasteiger partial charge in [0.25, 0.3) is 0 Å². The monoisotopic (exact) mass is 513 g/mol. The van der Waals surface area contributed by atoms with E-state index in [0.29, 0.717) is 32.1 Å². The first-order chi connectivity index (χ1) is 14.0. The summed E-state index contributed by atoms with van der Waals surface area (Å²) in [7, 11) is 2.64. The summed E-state index contributed by atoms with van der Waals surface area (Å²) in [5.41, 5.74) is -0.148. The number of aromatic nitrogens is 2. The van der Waals surface area contributed by atoms with E-state index in [4.69, 9.17) is 14.2 Å². The molecule has 0 atom stereocenters. The zero-order valence-corrected chi connectivity index (χ0v) is 18.0. The highest BCUT2D eigenvalue weighted by Crippen LogP contribution is 2.39. The third-order valence-corrected chi connectivity index (χ3v) is 5.39. The van der Waals surface area contributed by atoms with E-state index in [1.165, 1.54) is 20.3 Å². The lowest BCUT2D eigenvalue weighted by Gasteiger charge is -2.29. The molecule has 0 amide bonds. The number of nitrogens with zero attached hydrogens (tertiary/aromatic N) is 3. The van der Waals surface area contributed by atoms with Gasteiger partial charge < -0.3 is 19.1 Å². The molecule has 1 aliphatic rings. The van der Waals surface area contributed by atoms with E-state index in [9.17, 15) is 0 Å². The average Bonchev–Trinajstić information content (AvgIpc) is 2.74. The van der Waals surface area contributed by atoms with Gasteiger partial charge >= 0.3 is 0 Å². The molecule has 0 N–H and O–H groups in total. The van der Waals surface area contributed by atoms with Crippen LogP contribution in [0.25, 0.3) is 22.0 Å². The second-order valence-corrected chi connectivity index (χ2v) is 7.55. The van der Waals surface area contributed by atoms with Gasteiger partial charge in [0.1, 0.15) is 9.52 Å². The van der Waals surface area contributed by atoms with Crippen molar-refractivity contribution in [2.24, 2.45) is 0 Å². The first-order valence-electron chi connectivity index (χ1n) is 8.92. The first kappa shape index (κ1) is 20.0. The van der Waals surface area contributed by atoms with E-state index >= 15 is 8.78 Å². The van der Waals surface area contributed by atoms with Gasteiger partial charge in [-0.3, -0.25) is 0 Å². The molecule has 29 heavy (non-hydrogen) atoms. The predicted molar refractivity (Wildman–Crippen MR) is 114 cm³/mol. The first-order valence-corrected chi connectivity index (χ1v) is 10.0. The molecular formula is C20H18F2IN3O3. The van der Waals surface area contributed by atoms with Gasteiger partial charge in [-0.1, -0.05) is 0 Å². The number of rotatable bonds is 4. The van der Waals surface area contributed by atoms with Crippen LogP contribution < -0.4 is 14.4 Å². The quantitative estimate of drug-likeness (QED) is 0.388. The normalized spacial score (nSPS) is 14.3. The second-order valence-electron chi connectivity index (χ2n) is 6.44. The number of halogens is 3. The van der Waals surface area contributed by atoms with Crippen LogP contribution in [-0.2, 0) is 4.74 Å². The molecule has 9 heteroatoms. The molecule has 0 bridgehead atoms. The zero-order chi connectivity index (χ0) is 20.5. The standard InChI is InChI=1S/C20H18F2IN3O3/c1-27-14-9-15(28-2)19(22)17(18(14)21)13-7-11-10-24-16(23)8-12(11)20(25-13)26-3-5-29-6-4-26/h7-10H,3-6H2,1-2H3. The van der Waals surface area contributed by atoms with Crippen molar-refractivity contribution in [3.8, 4) is 22.8 Å². The van der Waals surface area contributed by atoms with Crippen LogP contribution in [0.5, 0.6) is 11.5 Å². The highest BCUT2D eigenvalue weighted by atomic mass is 127. The Morgan fingerprint density at radius 1 is 1.03 bits per heavy atom. The summed E-state index contributed by atoms with van der Waals surface area (Å²) in [6.07, 6.45) is 1.68. The van der Waals surface area contributed by atoms with Gasteiger partial charge in [0.15, 0.2) is 23.1 Å². The fourth-order valence-corrected chi connectivity index (χ4v) is 3.81. The molecule has 1 fully saturated rings. The van der Waals surface area contributed by atoms with E-state index in [1.54, 1.807) is 12.3 Å². The molecule has 4 rings (SSSR count). The van der Waals surface area contributed by atoms with E-state index in [-0.39, 0.29) is 22.8 Å². The Morgan fingerprint density at radius 2 is 1.69 bits per heavy atom. The lowest BCUT2D eigenvalue weighted by atomic mass is 10.1. The van der Waals surface area contributed by atoms with Crippen molar-refractivity contribution in [2.45, 2.75) is 0 Å². The largest absolute Gasteiger partial charge is 0.494 e. The Morgan fingerprint density at radius 3 is 2.31 bits per heavy atom. The number of morpholine rings is 1. The van der Waals surface area contributed by atoms with Crippen molar-refractivity contribution in [2.75, 3.05) is 45.4 Å². The number of hydrogen-bond acceptors (Lipinski definition) is 6. The number of benzene rings is 1. The predicted octanol–water partition coefficient (Wildman–Crippen LogP) is 4.03. The summed E-state index contributed by atoms with van der Waals surface area (Å²) in [5.74, 6) is -1.25. The fourth-order valence-electron chi connectivity index (χ4n) is 3.36. The van der Waals surface area contributed by atoms with Crippen LogP contribution in [-0.4, -0.2) is 50.5 Å². The number of ether oxygens (including phenoxy) is 3. The minimum absolute atomic E-state index is 0.117. The Balaban J connectivity index is 1.99. The molecule has 1 aliphatic heterocycles. The van der Waals surface area contributed by atoms with Crippen LogP contribution in [0.2, 0.25) is 0 Å². The van der Waals surface area contributed by atoms with Crippen molar-refractivity contribution in [1.29, 1.82) is 0 Å². The maximum Gasteiger partial charge on any atom is 0.177 e. The van der Waals surface area contributed by atoms with Crippen LogP contribution in [0.4, 0.5) is 14.6 Å². The SMILES string of the molecule is COc1cc(OC)c(F)c(-c2cc3cnc(I)cc3c(N3CCOCC3)n2)c1F. The topological polar surface area (TPSA) is 56.7 Å². The van der Waals surface area contributed by atoms with Crippen LogP contribution in [0.1, 0.15) is 0 Å². The lowest BCUT2D eigenvalue weighted by Crippen LogP contribution is -2.37. The van der Waals surface area contributed by atoms with E-state index in [1.807, 2.05) is 6.07 Å². The molecule has 3 aromatic rings. The van der Waals surface area contributed by atoms with Crippen molar-refractivity contribution >= 4 is 39.2 Å². The summed E-state index contributed by atoms with van der Waals surface area (Å²) in [4.78, 5) is 11.0. The maximum absolute atomic E-state index is 15.1. The van der Waals surface area contributed by atoms with Crippen LogP contribution in [0, 0.1) is 15.3 Å². The van der Waals surface area contributed by atoms with E-state index in [2.05, 4.69) is 37.5 Å². The summed E-state index contributed by atoms with van der Waals surface area (Å²) < 4.78 is 46.5. The van der Waals surface area contributed by atoms with Gasteiger partial charge in [0, 0.05) is 36.1 Å². The number of anilines is 1. The number of hydrogen-bond donors (Lipinski definition) is 0. The van der Waals surface area contributed by atoms with Crippen molar-refractivity contribution in [1.82, 2.24) is 9.97 Å². The molecule has 1 aromatic carbocycles. The molecular weight excluding hydrogens is 495 g/mol. The molecule has 0 saturated carbocycles. The van der Waals surface area contributed by atoms with Gasteiger partial charge in [-0.05, 0) is 34.7 Å². The molecule has 2 aromatic heterocycles. The molecule has 3 heterocycles. The Hall–Kier alpha value is -2.27. The molecule has 6 nitrogen and oxygen atoms in total. The third kappa shape index (κ3) is 3.68. The van der Waals surface area contributed by atoms with Crippen LogP contribution in [0.3, 0.4) is 0 Å². The van der Waals surface area contributed by atoms with E-state index in [0.717, 1.165) is 14.5 Å². The van der Waals surface area contributed by atoms with Crippen molar-refractivity contribution < 1.29 is 23.0 Å². The second kappa shape index (κ2) is 8.23. The zero-order valence-electron chi connectivity index (χ0n) is 15.8. The summed E-state index contributed by atoms with van der Waals surface area (Å²) in [6.45, 7) is 2.39. The van der Waals surface area contributed by atoms with Crippen LogP contribution >= 0.6 is 22.6 Å². The molecule has 0 radical (unpaired) electrons. The lowest BCUT2D eigenvalue weighted by molar-refractivity contribution is 0.122. The third-order valence-electron chi connectivity index (χ3n) is 4.80. The molecule has 1 saturated heterocycles. The molecule has 0 unspecified atom stereocenters. The summed E-state index contributed by atoms with van der Waals surface area (Å²) in [5, 5.41) is 1.60. The minimum atomic E-state index is -0.830. The summed E-state index contributed by atoms with van der Waals surface area (Å²) >= 11 is 2.13. The number of fused-ring (bicyclic) bond motifs is 1. The highest BCUT2D eigenvalue weighted by Gasteiger charge is 2.25. The van der Waals surface area contributed by atoms with Gasteiger partial charge in [0.2, 0.25) is 0 Å². The Labute approximate surface area is 179 Å². The number of methoxy groups -OCH3 is 2. The van der Waals surface area contributed by atoms with E-state index < -0.39 is 11.6 Å². The van der Waals surface area contributed by atoms with Gasteiger partial charge in [-0.15, -0.1) is 0 Å². The molecule has 0 spiro atoms. The molecule has 0 aliphatic carbocycles. The smallest absolute Gasteiger partial charge is 0.177 e. The fraction of sp³-hybridized carbons (Fsp3) is 0.300. The minimum Gasteiger partial charge on any atom is -0.494 e. The van der Waals surface area contributed by atoms with Crippen molar-refractivity contribution in [3.63, 3.8) is 0 Å². The van der Waals surface area contributed by atoms with Crippen LogP contribution in [0.15, 0.2) is 24.4 Å². The van der Waals surface area contributed by atoms with Gasteiger partial charge in [0.05, 0.1) is 38.7 Å². The highest BCUT2D eigenvalue weighted by molar-refractivity contribution is 14.1. The Bertz CT molecular complexity index is 1050. The Kier molecular flexibility index (Phi) is 5.68. The average molecular weight is 513 g/mol. The summed E-state index contributed by atoms with van der Waals surface area (Å²) in [6, 6.07) is 4.72.